The lowest BCUT2D eigenvalue weighted by atomic mass is 10.1. The molecule has 0 aliphatic heterocycles. The number of benzene rings is 1. The zero-order chi connectivity index (χ0) is 15.0. The molecule has 0 unspecified atom stereocenters. The lowest BCUT2D eigenvalue weighted by Crippen LogP contribution is -2.31. The molecule has 0 aliphatic carbocycles. The van der Waals surface area contributed by atoms with E-state index in [-0.39, 0.29) is 5.78 Å². The van der Waals surface area contributed by atoms with Gasteiger partial charge in [-0.05, 0) is 44.1 Å². The molecule has 0 amide bonds. The van der Waals surface area contributed by atoms with Crippen LogP contribution in [0.25, 0.3) is 0 Å². The van der Waals surface area contributed by atoms with Crippen molar-refractivity contribution in [1.82, 2.24) is 4.90 Å². The van der Waals surface area contributed by atoms with Gasteiger partial charge in [-0.1, -0.05) is 49.9 Å². The molecule has 0 heterocycles. The fourth-order valence-corrected chi connectivity index (χ4v) is 2.30. The van der Waals surface area contributed by atoms with Gasteiger partial charge in [0.2, 0.25) is 0 Å². The summed E-state index contributed by atoms with van der Waals surface area (Å²) in [5.41, 5.74) is 0.636. The molecule has 0 spiro atoms. The molecule has 1 aromatic rings. The molecule has 0 atom stereocenters. The van der Waals surface area contributed by atoms with Crippen LogP contribution in [0.2, 0.25) is 10.0 Å². The summed E-state index contributed by atoms with van der Waals surface area (Å²) >= 11 is 11.8. The van der Waals surface area contributed by atoms with Crippen molar-refractivity contribution in [1.29, 1.82) is 0 Å². The van der Waals surface area contributed by atoms with Crippen LogP contribution in [0.4, 0.5) is 0 Å². The van der Waals surface area contributed by atoms with Gasteiger partial charge in [0.1, 0.15) is 0 Å². The smallest absolute Gasteiger partial charge is 0.176 e. The maximum Gasteiger partial charge on any atom is 0.176 e. The minimum atomic E-state index is 0.107. The molecule has 0 aliphatic rings. The van der Waals surface area contributed by atoms with Gasteiger partial charge in [0, 0.05) is 5.56 Å². The lowest BCUT2D eigenvalue weighted by Gasteiger charge is -2.21. The number of rotatable bonds is 9. The largest absolute Gasteiger partial charge is 0.296 e. The van der Waals surface area contributed by atoms with E-state index in [1.165, 1.54) is 0 Å². The van der Waals surface area contributed by atoms with E-state index in [9.17, 15) is 4.79 Å². The monoisotopic (exact) mass is 315 g/mol. The van der Waals surface area contributed by atoms with Crippen molar-refractivity contribution in [2.45, 2.75) is 39.5 Å². The molecule has 1 rings (SSSR count). The van der Waals surface area contributed by atoms with Crippen LogP contribution in [-0.4, -0.2) is 30.3 Å². The van der Waals surface area contributed by atoms with E-state index >= 15 is 0 Å². The highest BCUT2D eigenvalue weighted by Gasteiger charge is 2.13. The highest BCUT2D eigenvalue weighted by Crippen LogP contribution is 2.22. The van der Waals surface area contributed by atoms with Crippen molar-refractivity contribution in [2.24, 2.45) is 0 Å². The molecular weight excluding hydrogens is 293 g/mol. The van der Waals surface area contributed by atoms with Gasteiger partial charge in [-0.3, -0.25) is 9.69 Å². The molecular formula is C16H23Cl2NO. The van der Waals surface area contributed by atoms with Gasteiger partial charge in [0.15, 0.2) is 5.78 Å². The van der Waals surface area contributed by atoms with Gasteiger partial charge < -0.3 is 0 Å². The molecule has 0 saturated heterocycles. The minimum Gasteiger partial charge on any atom is -0.296 e. The van der Waals surface area contributed by atoms with Crippen molar-refractivity contribution < 1.29 is 4.79 Å². The van der Waals surface area contributed by atoms with Crippen LogP contribution in [0, 0.1) is 0 Å². The Morgan fingerprint density at radius 3 is 2.15 bits per heavy atom. The van der Waals surface area contributed by atoms with E-state index in [1.54, 1.807) is 18.2 Å². The average molecular weight is 316 g/mol. The van der Waals surface area contributed by atoms with Crippen molar-refractivity contribution in [3.8, 4) is 0 Å². The fourth-order valence-electron chi connectivity index (χ4n) is 2.00. The molecule has 20 heavy (non-hydrogen) atoms. The molecule has 2 nitrogen and oxygen atoms in total. The summed E-state index contributed by atoms with van der Waals surface area (Å²) in [5.74, 6) is 0.107. The Hall–Kier alpha value is -0.570. The predicted octanol–water partition coefficient (Wildman–Crippen LogP) is 5.08. The van der Waals surface area contributed by atoms with E-state index < -0.39 is 0 Å². The highest BCUT2D eigenvalue weighted by atomic mass is 35.5. The van der Waals surface area contributed by atoms with Crippen LogP contribution < -0.4 is 0 Å². The van der Waals surface area contributed by atoms with Gasteiger partial charge in [-0.25, -0.2) is 0 Å². The van der Waals surface area contributed by atoms with E-state index in [1.807, 2.05) is 0 Å². The maximum absolute atomic E-state index is 12.3. The van der Waals surface area contributed by atoms with Gasteiger partial charge in [-0.15, -0.1) is 0 Å². The number of hydrogen-bond acceptors (Lipinski definition) is 2. The summed E-state index contributed by atoms with van der Waals surface area (Å²) in [7, 11) is 0. The van der Waals surface area contributed by atoms with Gasteiger partial charge in [0.05, 0.1) is 16.6 Å². The Morgan fingerprint density at radius 2 is 1.65 bits per heavy atom. The Labute approximate surface area is 132 Å². The first-order valence-corrected chi connectivity index (χ1v) is 8.04. The van der Waals surface area contributed by atoms with Crippen molar-refractivity contribution in [2.75, 3.05) is 19.6 Å². The van der Waals surface area contributed by atoms with Gasteiger partial charge in [0.25, 0.3) is 0 Å². The average Bonchev–Trinajstić information content (AvgIpc) is 2.44. The summed E-state index contributed by atoms with van der Waals surface area (Å²) in [6.07, 6.45) is 4.53. The van der Waals surface area contributed by atoms with E-state index in [2.05, 4.69) is 18.7 Å². The zero-order valence-electron chi connectivity index (χ0n) is 12.3. The minimum absolute atomic E-state index is 0.107. The van der Waals surface area contributed by atoms with Crippen molar-refractivity contribution >= 4 is 29.0 Å². The first kappa shape index (κ1) is 17.5. The van der Waals surface area contributed by atoms with Crippen LogP contribution in [0.5, 0.6) is 0 Å². The maximum atomic E-state index is 12.3. The van der Waals surface area contributed by atoms with E-state index in [0.29, 0.717) is 22.2 Å². The van der Waals surface area contributed by atoms with Crippen LogP contribution in [0.15, 0.2) is 18.2 Å². The van der Waals surface area contributed by atoms with Crippen LogP contribution in [0.3, 0.4) is 0 Å². The predicted molar refractivity (Wildman–Crippen MR) is 87.0 cm³/mol. The Balaban J connectivity index is 2.65. The molecule has 0 bridgehead atoms. The fraction of sp³-hybridized carbons (Fsp3) is 0.562. The Kier molecular flexibility index (Phi) is 8.20. The number of unbranched alkanes of at least 4 members (excludes halogenated alkanes) is 2. The summed E-state index contributed by atoms with van der Waals surface area (Å²) < 4.78 is 0. The van der Waals surface area contributed by atoms with Crippen molar-refractivity contribution in [3.05, 3.63) is 33.8 Å². The number of nitrogens with zero attached hydrogens (tertiary/aromatic N) is 1. The summed E-state index contributed by atoms with van der Waals surface area (Å²) in [5, 5.41) is 0.920. The van der Waals surface area contributed by atoms with E-state index in [0.717, 1.165) is 38.8 Å². The molecule has 1 aromatic carbocycles. The Morgan fingerprint density at radius 1 is 1.05 bits per heavy atom. The quantitative estimate of drug-likeness (QED) is 0.592. The Bertz CT molecular complexity index is 426. The molecule has 0 N–H and O–H groups in total. The third-order valence-electron chi connectivity index (χ3n) is 3.26. The topological polar surface area (TPSA) is 20.3 Å². The zero-order valence-corrected chi connectivity index (χ0v) is 13.8. The third kappa shape index (κ3) is 5.82. The second-order valence-corrected chi connectivity index (χ2v) is 5.85. The summed E-state index contributed by atoms with van der Waals surface area (Å²) in [6.45, 7) is 6.74. The third-order valence-corrected chi connectivity index (χ3v) is 4.00. The second-order valence-electron chi connectivity index (χ2n) is 5.04. The van der Waals surface area contributed by atoms with Crippen LogP contribution in [0.1, 0.15) is 49.9 Å². The van der Waals surface area contributed by atoms with E-state index in [4.69, 9.17) is 23.2 Å². The van der Waals surface area contributed by atoms with Crippen molar-refractivity contribution in [3.63, 3.8) is 0 Å². The normalized spacial score (nSPS) is 11.1. The number of carbonyl (C=O) groups is 1. The molecule has 0 aromatic heterocycles. The number of halogens is 2. The molecule has 112 valence electrons. The van der Waals surface area contributed by atoms with Crippen LogP contribution >= 0.6 is 23.2 Å². The number of ketones is 1. The number of Topliss-reactive ketones (excluding diaryl/α,β-unsaturated/α-hetero) is 1. The summed E-state index contributed by atoms with van der Waals surface area (Å²) in [6, 6.07) is 5.08. The number of hydrogen-bond donors (Lipinski definition) is 0. The SMILES string of the molecule is CCCCN(CCCC)CC(=O)c1ccc(Cl)c(Cl)c1. The number of carbonyl (C=O) groups excluding carboxylic acids is 1. The molecule has 0 radical (unpaired) electrons. The molecule has 0 fully saturated rings. The highest BCUT2D eigenvalue weighted by molar-refractivity contribution is 6.42. The van der Waals surface area contributed by atoms with Crippen LogP contribution in [-0.2, 0) is 0 Å². The molecule has 0 saturated carbocycles. The second kappa shape index (κ2) is 9.38. The van der Waals surface area contributed by atoms with Gasteiger partial charge in [-0.2, -0.15) is 0 Å². The first-order chi connectivity index (χ1) is 9.58. The summed E-state index contributed by atoms with van der Waals surface area (Å²) in [4.78, 5) is 14.5. The molecule has 4 heteroatoms. The first-order valence-electron chi connectivity index (χ1n) is 7.29. The van der Waals surface area contributed by atoms with Gasteiger partial charge >= 0.3 is 0 Å². The standard InChI is InChI=1S/C16H23Cl2NO/c1-3-5-9-19(10-6-4-2)12-16(20)13-7-8-14(17)15(18)11-13/h7-8,11H,3-6,9-10,12H2,1-2H3. The lowest BCUT2D eigenvalue weighted by molar-refractivity contribution is 0.0928.